The van der Waals surface area contributed by atoms with E-state index in [4.69, 9.17) is 15.2 Å². The van der Waals surface area contributed by atoms with Crippen LogP contribution in [0, 0.1) is 11.8 Å². The molecule has 3 nitrogen and oxygen atoms in total. The van der Waals surface area contributed by atoms with E-state index in [-0.39, 0.29) is 6.10 Å². The summed E-state index contributed by atoms with van der Waals surface area (Å²) in [6, 6.07) is 7.63. The van der Waals surface area contributed by atoms with Gasteiger partial charge in [-0.05, 0) is 38.1 Å². The predicted octanol–water partition coefficient (Wildman–Crippen LogP) is 1.80. The van der Waals surface area contributed by atoms with Crippen LogP contribution in [0.15, 0.2) is 24.3 Å². The van der Waals surface area contributed by atoms with Crippen molar-refractivity contribution in [3.05, 3.63) is 29.8 Å². The van der Waals surface area contributed by atoms with Crippen LogP contribution in [0.25, 0.3) is 0 Å². The fraction of sp³-hybridized carbons (Fsp3) is 0.429. The van der Waals surface area contributed by atoms with Gasteiger partial charge >= 0.3 is 0 Å². The van der Waals surface area contributed by atoms with Crippen molar-refractivity contribution in [3.8, 4) is 17.6 Å². The molecule has 1 aromatic carbocycles. The van der Waals surface area contributed by atoms with E-state index >= 15 is 0 Å². The van der Waals surface area contributed by atoms with E-state index in [1.165, 1.54) is 0 Å². The highest BCUT2D eigenvalue weighted by Gasteiger charge is 1.95. The minimum absolute atomic E-state index is 0.243. The standard InChI is InChI=1S/C14H19NO2/c1-12(2)16-10-11-17-14-7-5-13(6-8-14)4-3-9-15/h5-8,12H,9-11,15H2,1-2H3. The molecule has 0 bridgehead atoms. The summed E-state index contributed by atoms with van der Waals surface area (Å²) in [5.74, 6) is 6.59. The van der Waals surface area contributed by atoms with Gasteiger partial charge in [0.2, 0.25) is 0 Å². The fourth-order valence-electron chi connectivity index (χ4n) is 1.23. The van der Waals surface area contributed by atoms with E-state index in [0.29, 0.717) is 19.8 Å². The average Bonchev–Trinajstić information content (AvgIpc) is 2.33. The molecule has 2 N–H and O–H groups in total. The third-order valence-corrected chi connectivity index (χ3v) is 1.99. The van der Waals surface area contributed by atoms with Gasteiger partial charge in [0.1, 0.15) is 12.4 Å². The lowest BCUT2D eigenvalue weighted by Gasteiger charge is -2.09. The van der Waals surface area contributed by atoms with Crippen molar-refractivity contribution in [2.45, 2.75) is 20.0 Å². The summed E-state index contributed by atoms with van der Waals surface area (Å²) in [5.41, 5.74) is 6.25. The van der Waals surface area contributed by atoms with Crippen molar-refractivity contribution in [1.29, 1.82) is 0 Å². The maximum Gasteiger partial charge on any atom is 0.119 e. The van der Waals surface area contributed by atoms with Crippen LogP contribution in [-0.4, -0.2) is 25.9 Å². The predicted molar refractivity (Wildman–Crippen MR) is 69.0 cm³/mol. The Balaban J connectivity index is 2.35. The summed E-state index contributed by atoms with van der Waals surface area (Å²) in [5, 5.41) is 0. The Morgan fingerprint density at radius 2 is 1.88 bits per heavy atom. The van der Waals surface area contributed by atoms with Crippen LogP contribution in [0.4, 0.5) is 0 Å². The minimum atomic E-state index is 0.243. The number of hydrogen-bond donors (Lipinski definition) is 1. The molecule has 0 aromatic heterocycles. The molecule has 0 aliphatic heterocycles. The van der Waals surface area contributed by atoms with Gasteiger partial charge in [0.05, 0.1) is 19.3 Å². The van der Waals surface area contributed by atoms with Crippen LogP contribution in [-0.2, 0) is 4.74 Å². The first-order chi connectivity index (χ1) is 8.22. The topological polar surface area (TPSA) is 44.5 Å². The molecule has 0 atom stereocenters. The van der Waals surface area contributed by atoms with E-state index in [9.17, 15) is 0 Å². The summed E-state index contributed by atoms with van der Waals surface area (Å²) in [4.78, 5) is 0. The molecule has 17 heavy (non-hydrogen) atoms. The first-order valence-electron chi connectivity index (χ1n) is 5.76. The van der Waals surface area contributed by atoms with Crippen molar-refractivity contribution >= 4 is 0 Å². The van der Waals surface area contributed by atoms with Crippen LogP contribution in [0.5, 0.6) is 5.75 Å². The van der Waals surface area contributed by atoms with Crippen LogP contribution in [0.2, 0.25) is 0 Å². The lowest BCUT2D eigenvalue weighted by Crippen LogP contribution is -2.11. The number of hydrogen-bond acceptors (Lipinski definition) is 3. The van der Waals surface area contributed by atoms with Gasteiger partial charge in [-0.2, -0.15) is 0 Å². The van der Waals surface area contributed by atoms with Gasteiger partial charge in [-0.3, -0.25) is 0 Å². The molecule has 0 fully saturated rings. The number of nitrogens with two attached hydrogens (primary N) is 1. The zero-order valence-electron chi connectivity index (χ0n) is 10.4. The highest BCUT2D eigenvalue weighted by Crippen LogP contribution is 2.11. The van der Waals surface area contributed by atoms with Crippen molar-refractivity contribution < 1.29 is 9.47 Å². The summed E-state index contributed by atoms with van der Waals surface area (Å²) >= 11 is 0. The van der Waals surface area contributed by atoms with Crippen molar-refractivity contribution in [2.75, 3.05) is 19.8 Å². The molecule has 3 heteroatoms. The molecule has 0 heterocycles. The third kappa shape index (κ3) is 5.96. The SMILES string of the molecule is CC(C)OCCOc1ccc(C#CCN)cc1. The highest BCUT2D eigenvalue weighted by molar-refractivity contribution is 5.38. The summed E-state index contributed by atoms with van der Waals surface area (Å²) in [7, 11) is 0. The Bertz CT molecular complexity index is 373. The Hall–Kier alpha value is -1.50. The maximum absolute atomic E-state index is 5.52. The Morgan fingerprint density at radius 1 is 1.18 bits per heavy atom. The first kappa shape index (κ1) is 13.6. The van der Waals surface area contributed by atoms with E-state index in [1.54, 1.807) is 0 Å². The second-order valence-corrected chi connectivity index (χ2v) is 3.80. The van der Waals surface area contributed by atoms with Gasteiger partial charge in [-0.1, -0.05) is 11.8 Å². The van der Waals surface area contributed by atoms with E-state index in [2.05, 4.69) is 11.8 Å². The van der Waals surface area contributed by atoms with E-state index < -0.39 is 0 Å². The monoisotopic (exact) mass is 233 g/mol. The Morgan fingerprint density at radius 3 is 2.47 bits per heavy atom. The van der Waals surface area contributed by atoms with Gasteiger partial charge in [0.25, 0.3) is 0 Å². The molecule has 0 unspecified atom stereocenters. The van der Waals surface area contributed by atoms with Gasteiger partial charge in [-0.25, -0.2) is 0 Å². The van der Waals surface area contributed by atoms with Crippen molar-refractivity contribution in [1.82, 2.24) is 0 Å². The molecule has 0 saturated heterocycles. The lowest BCUT2D eigenvalue weighted by atomic mass is 10.2. The largest absolute Gasteiger partial charge is 0.491 e. The average molecular weight is 233 g/mol. The van der Waals surface area contributed by atoms with Gasteiger partial charge in [0.15, 0.2) is 0 Å². The van der Waals surface area contributed by atoms with Crippen molar-refractivity contribution in [2.24, 2.45) is 5.73 Å². The zero-order valence-corrected chi connectivity index (χ0v) is 10.4. The second-order valence-electron chi connectivity index (χ2n) is 3.80. The smallest absolute Gasteiger partial charge is 0.119 e. The minimum Gasteiger partial charge on any atom is -0.491 e. The fourth-order valence-corrected chi connectivity index (χ4v) is 1.23. The van der Waals surface area contributed by atoms with Crippen molar-refractivity contribution in [3.63, 3.8) is 0 Å². The van der Waals surface area contributed by atoms with Crippen LogP contribution in [0.3, 0.4) is 0 Å². The molecule has 0 amide bonds. The molecule has 0 aliphatic carbocycles. The first-order valence-corrected chi connectivity index (χ1v) is 5.76. The van der Waals surface area contributed by atoms with Crippen LogP contribution >= 0.6 is 0 Å². The lowest BCUT2D eigenvalue weighted by molar-refractivity contribution is 0.0553. The Labute approximate surface area is 103 Å². The molecule has 0 spiro atoms. The summed E-state index contributed by atoms with van der Waals surface area (Å²) in [6.45, 7) is 5.55. The molecule has 1 aromatic rings. The second kappa shape index (κ2) is 7.72. The van der Waals surface area contributed by atoms with Crippen LogP contribution in [0.1, 0.15) is 19.4 Å². The molecular weight excluding hydrogens is 214 g/mol. The zero-order chi connectivity index (χ0) is 12.5. The molecule has 0 radical (unpaired) electrons. The number of ether oxygens (including phenoxy) is 2. The normalized spacial score (nSPS) is 9.88. The summed E-state index contributed by atoms with van der Waals surface area (Å²) < 4.78 is 10.9. The molecular formula is C14H19NO2. The molecule has 0 saturated carbocycles. The highest BCUT2D eigenvalue weighted by atomic mass is 16.5. The molecule has 1 rings (SSSR count). The Kier molecular flexibility index (Phi) is 6.16. The van der Waals surface area contributed by atoms with E-state index in [0.717, 1.165) is 11.3 Å². The number of benzene rings is 1. The van der Waals surface area contributed by atoms with Gasteiger partial charge < -0.3 is 15.2 Å². The quantitative estimate of drug-likeness (QED) is 0.623. The van der Waals surface area contributed by atoms with Gasteiger partial charge in [-0.15, -0.1) is 0 Å². The third-order valence-electron chi connectivity index (χ3n) is 1.99. The molecule has 92 valence electrons. The maximum atomic E-state index is 5.52. The van der Waals surface area contributed by atoms with Gasteiger partial charge in [0, 0.05) is 5.56 Å². The molecule has 0 aliphatic rings. The van der Waals surface area contributed by atoms with Crippen LogP contribution < -0.4 is 10.5 Å². The van der Waals surface area contributed by atoms with E-state index in [1.807, 2.05) is 38.1 Å². The number of rotatable bonds is 5. The summed E-state index contributed by atoms with van der Waals surface area (Å²) in [6.07, 6.45) is 0.243.